The highest BCUT2D eigenvalue weighted by Gasteiger charge is 2.17. The van der Waals surface area contributed by atoms with Crippen molar-refractivity contribution in [1.82, 2.24) is 5.43 Å². The molecule has 0 unspecified atom stereocenters. The summed E-state index contributed by atoms with van der Waals surface area (Å²) < 4.78 is 0. The lowest BCUT2D eigenvalue weighted by atomic mass is 9.85. The standard InChI is InChI=1S/C11H19N3O2/c1-2-3-8-4-6-9(7-5-8)13-14-11(16)10(12)15/h8H,2-7H2,1H3,(H2,12,15)(H,14,16). The van der Waals surface area contributed by atoms with Gasteiger partial charge in [0.2, 0.25) is 0 Å². The molecule has 1 aliphatic rings. The monoisotopic (exact) mass is 225 g/mol. The van der Waals surface area contributed by atoms with Crippen LogP contribution in [0.3, 0.4) is 0 Å². The first kappa shape index (κ1) is 12.7. The predicted octanol–water partition coefficient (Wildman–Crippen LogP) is 0.934. The van der Waals surface area contributed by atoms with Crippen molar-refractivity contribution in [3.63, 3.8) is 0 Å². The molecule has 0 spiro atoms. The van der Waals surface area contributed by atoms with Crippen molar-refractivity contribution < 1.29 is 9.59 Å². The van der Waals surface area contributed by atoms with Gasteiger partial charge in [-0.3, -0.25) is 9.59 Å². The molecule has 1 aliphatic carbocycles. The fraction of sp³-hybridized carbons (Fsp3) is 0.727. The molecule has 5 heteroatoms. The van der Waals surface area contributed by atoms with Gasteiger partial charge in [-0.2, -0.15) is 5.10 Å². The summed E-state index contributed by atoms with van der Waals surface area (Å²) in [5, 5.41) is 3.92. The maximum absolute atomic E-state index is 10.9. The van der Waals surface area contributed by atoms with Gasteiger partial charge in [0.05, 0.1) is 0 Å². The van der Waals surface area contributed by atoms with Crippen molar-refractivity contribution in [1.29, 1.82) is 0 Å². The second kappa shape index (κ2) is 6.25. The molecule has 0 saturated heterocycles. The number of hydrogen-bond donors (Lipinski definition) is 2. The minimum absolute atomic E-state index is 0.788. The largest absolute Gasteiger partial charge is 0.361 e. The molecular weight excluding hydrogens is 206 g/mol. The minimum atomic E-state index is -0.996. The topological polar surface area (TPSA) is 84.6 Å². The van der Waals surface area contributed by atoms with Crippen LogP contribution in [0.4, 0.5) is 0 Å². The number of amides is 2. The SMILES string of the molecule is CCCC1CCC(=NNC(=O)C(N)=O)CC1. The Bertz CT molecular complexity index is 290. The van der Waals surface area contributed by atoms with E-state index in [4.69, 9.17) is 5.73 Å². The fourth-order valence-electron chi connectivity index (χ4n) is 2.00. The molecule has 1 fully saturated rings. The van der Waals surface area contributed by atoms with Crippen LogP contribution < -0.4 is 11.2 Å². The molecule has 0 atom stereocenters. The molecule has 16 heavy (non-hydrogen) atoms. The number of hydrogen-bond acceptors (Lipinski definition) is 3. The number of rotatable bonds is 3. The molecule has 0 aromatic carbocycles. The van der Waals surface area contributed by atoms with Crippen molar-refractivity contribution in [2.45, 2.75) is 45.4 Å². The maximum atomic E-state index is 10.9. The third-order valence-electron chi connectivity index (χ3n) is 2.92. The van der Waals surface area contributed by atoms with Crippen molar-refractivity contribution in [3.05, 3.63) is 0 Å². The van der Waals surface area contributed by atoms with Crippen LogP contribution in [0.25, 0.3) is 0 Å². The molecule has 0 aromatic heterocycles. The van der Waals surface area contributed by atoms with E-state index < -0.39 is 11.8 Å². The zero-order chi connectivity index (χ0) is 12.0. The second-order valence-electron chi connectivity index (χ2n) is 4.22. The zero-order valence-corrected chi connectivity index (χ0v) is 9.66. The van der Waals surface area contributed by atoms with Gasteiger partial charge in [0.25, 0.3) is 0 Å². The summed E-state index contributed by atoms with van der Waals surface area (Å²) >= 11 is 0. The van der Waals surface area contributed by atoms with Gasteiger partial charge < -0.3 is 5.73 Å². The Hall–Kier alpha value is -1.39. The van der Waals surface area contributed by atoms with Gasteiger partial charge in [-0.25, -0.2) is 5.43 Å². The molecule has 0 aliphatic heterocycles. The Morgan fingerprint density at radius 1 is 1.44 bits per heavy atom. The van der Waals surface area contributed by atoms with Crippen molar-refractivity contribution in [2.24, 2.45) is 16.8 Å². The third-order valence-corrected chi connectivity index (χ3v) is 2.92. The van der Waals surface area contributed by atoms with Gasteiger partial charge in [0.15, 0.2) is 0 Å². The van der Waals surface area contributed by atoms with E-state index in [-0.39, 0.29) is 0 Å². The molecule has 1 rings (SSSR count). The fourth-order valence-corrected chi connectivity index (χ4v) is 2.00. The molecule has 3 N–H and O–H groups in total. The average Bonchev–Trinajstić information content (AvgIpc) is 2.28. The highest BCUT2D eigenvalue weighted by molar-refractivity contribution is 6.34. The first-order valence-electron chi connectivity index (χ1n) is 5.78. The highest BCUT2D eigenvalue weighted by atomic mass is 16.2. The van der Waals surface area contributed by atoms with E-state index in [0.29, 0.717) is 0 Å². The van der Waals surface area contributed by atoms with E-state index in [1.54, 1.807) is 0 Å². The van der Waals surface area contributed by atoms with E-state index in [9.17, 15) is 9.59 Å². The van der Waals surface area contributed by atoms with Gasteiger partial charge >= 0.3 is 11.8 Å². The summed E-state index contributed by atoms with van der Waals surface area (Å²) in [4.78, 5) is 21.3. The molecule has 0 aromatic rings. The summed E-state index contributed by atoms with van der Waals surface area (Å²) in [5.41, 5.74) is 7.93. The van der Waals surface area contributed by atoms with Crippen LogP contribution in [0.15, 0.2) is 5.10 Å². The quantitative estimate of drug-likeness (QED) is 0.553. The van der Waals surface area contributed by atoms with E-state index in [1.165, 1.54) is 12.8 Å². The zero-order valence-electron chi connectivity index (χ0n) is 9.66. The third kappa shape index (κ3) is 4.00. The number of carbonyl (C=O) groups excluding carboxylic acids is 2. The van der Waals surface area contributed by atoms with Crippen LogP contribution in [0.2, 0.25) is 0 Å². The highest BCUT2D eigenvalue weighted by Crippen LogP contribution is 2.25. The number of nitrogens with one attached hydrogen (secondary N) is 1. The Kier molecular flexibility index (Phi) is 4.95. The predicted molar refractivity (Wildman–Crippen MR) is 61.6 cm³/mol. The lowest BCUT2D eigenvalue weighted by Gasteiger charge is -2.22. The number of primary amides is 1. The van der Waals surface area contributed by atoms with Crippen LogP contribution in [-0.4, -0.2) is 17.5 Å². The first-order valence-corrected chi connectivity index (χ1v) is 5.78. The minimum Gasteiger partial charge on any atom is -0.361 e. The van der Waals surface area contributed by atoms with E-state index in [1.807, 2.05) is 0 Å². The van der Waals surface area contributed by atoms with Gasteiger partial charge in [0.1, 0.15) is 0 Å². The number of hydrazone groups is 1. The molecule has 0 heterocycles. The second-order valence-corrected chi connectivity index (χ2v) is 4.22. The maximum Gasteiger partial charge on any atom is 0.329 e. The van der Waals surface area contributed by atoms with Crippen LogP contribution in [-0.2, 0) is 9.59 Å². The molecule has 90 valence electrons. The number of nitrogens with two attached hydrogens (primary N) is 1. The smallest absolute Gasteiger partial charge is 0.329 e. The summed E-state index contributed by atoms with van der Waals surface area (Å²) in [6.45, 7) is 2.19. The number of nitrogens with zero attached hydrogens (tertiary/aromatic N) is 1. The van der Waals surface area contributed by atoms with Crippen molar-refractivity contribution in [3.8, 4) is 0 Å². The molecule has 0 radical (unpaired) electrons. The summed E-state index contributed by atoms with van der Waals surface area (Å²) in [6, 6.07) is 0. The van der Waals surface area contributed by atoms with Crippen molar-refractivity contribution >= 4 is 17.5 Å². The Morgan fingerprint density at radius 2 is 2.06 bits per heavy atom. The van der Waals surface area contributed by atoms with Crippen LogP contribution in [0.1, 0.15) is 45.4 Å². The van der Waals surface area contributed by atoms with Crippen LogP contribution in [0.5, 0.6) is 0 Å². The average molecular weight is 225 g/mol. The Balaban J connectivity index is 2.33. The summed E-state index contributed by atoms with van der Waals surface area (Å²) in [5.74, 6) is -1.05. The lowest BCUT2D eigenvalue weighted by Crippen LogP contribution is -2.33. The normalized spacial score (nSPS) is 20.3. The molecule has 5 nitrogen and oxygen atoms in total. The Morgan fingerprint density at radius 3 is 2.56 bits per heavy atom. The molecule has 2 amide bonds. The summed E-state index contributed by atoms with van der Waals surface area (Å²) in [7, 11) is 0. The van der Waals surface area contributed by atoms with Crippen LogP contribution in [0, 0.1) is 5.92 Å². The lowest BCUT2D eigenvalue weighted by molar-refractivity contribution is -0.137. The van der Waals surface area contributed by atoms with Gasteiger partial charge in [-0.1, -0.05) is 19.8 Å². The van der Waals surface area contributed by atoms with E-state index in [0.717, 1.165) is 37.3 Å². The molecular formula is C11H19N3O2. The Labute approximate surface area is 95.5 Å². The van der Waals surface area contributed by atoms with Gasteiger partial charge in [-0.05, 0) is 31.6 Å². The molecule has 1 saturated carbocycles. The summed E-state index contributed by atoms with van der Waals surface area (Å²) in [6.07, 6.45) is 6.54. The van der Waals surface area contributed by atoms with Crippen LogP contribution >= 0.6 is 0 Å². The molecule has 0 bridgehead atoms. The van der Waals surface area contributed by atoms with E-state index in [2.05, 4.69) is 17.5 Å². The number of carbonyl (C=O) groups is 2. The van der Waals surface area contributed by atoms with E-state index >= 15 is 0 Å². The van der Waals surface area contributed by atoms with Gasteiger partial charge in [0, 0.05) is 5.71 Å². The van der Waals surface area contributed by atoms with Crippen molar-refractivity contribution in [2.75, 3.05) is 0 Å². The first-order chi connectivity index (χ1) is 7.63. The van der Waals surface area contributed by atoms with Gasteiger partial charge in [-0.15, -0.1) is 0 Å².